The number of ether oxygens (including phenoxy) is 1. The highest BCUT2D eigenvalue weighted by atomic mass is 32.2. The number of sulfonamides is 1. The van der Waals surface area contributed by atoms with E-state index in [0.717, 1.165) is 11.3 Å². The first-order valence-electron chi connectivity index (χ1n) is 7.11. The van der Waals surface area contributed by atoms with Gasteiger partial charge in [0.2, 0.25) is 10.0 Å². The Morgan fingerprint density at radius 2 is 2.32 bits per heavy atom. The van der Waals surface area contributed by atoms with Crippen LogP contribution in [0.1, 0.15) is 15.5 Å². The summed E-state index contributed by atoms with van der Waals surface area (Å²) in [4.78, 5) is 18.4. The van der Waals surface area contributed by atoms with Gasteiger partial charge in [0.1, 0.15) is 5.69 Å². The Hall–Kier alpha value is -1.03. The van der Waals surface area contributed by atoms with Crippen LogP contribution >= 0.6 is 11.3 Å². The van der Waals surface area contributed by atoms with Gasteiger partial charge in [-0.3, -0.25) is 4.79 Å². The van der Waals surface area contributed by atoms with Gasteiger partial charge in [-0.25, -0.2) is 18.1 Å². The summed E-state index contributed by atoms with van der Waals surface area (Å²) in [6.45, 7) is 3.91. The maximum Gasteiger partial charge on any atom is 0.273 e. The molecule has 7 nitrogen and oxygen atoms in total. The van der Waals surface area contributed by atoms with Crippen LogP contribution in [0, 0.1) is 18.8 Å². The third-order valence-corrected chi connectivity index (χ3v) is 5.64. The quantitative estimate of drug-likeness (QED) is 0.835. The fraction of sp³-hybridized carbons (Fsp3) is 0.692. The molecule has 22 heavy (non-hydrogen) atoms. The number of carbonyl (C=O) groups excluding carboxylic acids is 1. The van der Waals surface area contributed by atoms with Gasteiger partial charge in [-0.1, -0.05) is 0 Å². The summed E-state index contributed by atoms with van der Waals surface area (Å²) in [6, 6.07) is 0. The van der Waals surface area contributed by atoms with E-state index in [-0.39, 0.29) is 23.8 Å². The molecule has 0 spiro atoms. The number of amides is 1. The Bertz CT molecular complexity index is 673. The molecular formula is C13H19N3O4S2. The number of aryl methyl sites for hydroxylation is 1. The van der Waals surface area contributed by atoms with Gasteiger partial charge in [0.25, 0.3) is 5.91 Å². The minimum atomic E-state index is -3.21. The number of hydrogen-bond acceptors (Lipinski definition) is 6. The molecule has 3 rings (SSSR count). The fourth-order valence-electron chi connectivity index (χ4n) is 3.06. The maximum absolute atomic E-state index is 12.4. The molecule has 1 N–H and O–H groups in total. The number of hydrogen-bond donors (Lipinski definition) is 1. The summed E-state index contributed by atoms with van der Waals surface area (Å²) in [7, 11) is -3.21. The molecule has 1 amide bonds. The van der Waals surface area contributed by atoms with E-state index in [1.807, 2.05) is 6.92 Å². The number of thiazole rings is 1. The first-order chi connectivity index (χ1) is 10.3. The number of aromatic nitrogens is 1. The third kappa shape index (κ3) is 3.32. The van der Waals surface area contributed by atoms with Gasteiger partial charge in [-0.2, -0.15) is 0 Å². The van der Waals surface area contributed by atoms with E-state index < -0.39 is 10.0 Å². The maximum atomic E-state index is 12.4. The molecule has 2 aliphatic heterocycles. The number of nitrogens with zero attached hydrogens (tertiary/aromatic N) is 2. The topological polar surface area (TPSA) is 88.6 Å². The van der Waals surface area contributed by atoms with Gasteiger partial charge in [-0.15, -0.1) is 11.3 Å². The molecule has 9 heteroatoms. The van der Waals surface area contributed by atoms with E-state index in [1.165, 1.54) is 11.3 Å². The minimum Gasteiger partial charge on any atom is -0.376 e. The van der Waals surface area contributed by atoms with Gasteiger partial charge in [0.15, 0.2) is 0 Å². The van der Waals surface area contributed by atoms with Gasteiger partial charge in [0, 0.05) is 36.9 Å². The van der Waals surface area contributed by atoms with Crippen molar-refractivity contribution in [3.05, 3.63) is 16.1 Å². The van der Waals surface area contributed by atoms with E-state index >= 15 is 0 Å². The average molecular weight is 345 g/mol. The molecule has 0 aliphatic carbocycles. The summed E-state index contributed by atoms with van der Waals surface area (Å²) in [5.41, 5.74) is 0.480. The van der Waals surface area contributed by atoms with Crippen LogP contribution in [0.5, 0.6) is 0 Å². The highest BCUT2D eigenvalue weighted by Crippen LogP contribution is 2.34. The van der Waals surface area contributed by atoms with Crippen LogP contribution in [0.3, 0.4) is 0 Å². The Labute approximate surface area is 133 Å². The molecule has 1 aromatic rings. The Morgan fingerprint density at radius 3 is 2.95 bits per heavy atom. The number of nitrogens with one attached hydrogen (secondary N) is 1. The molecular weight excluding hydrogens is 326 g/mol. The van der Waals surface area contributed by atoms with Crippen molar-refractivity contribution in [3.63, 3.8) is 0 Å². The van der Waals surface area contributed by atoms with Crippen LogP contribution in [-0.4, -0.2) is 62.8 Å². The van der Waals surface area contributed by atoms with Crippen molar-refractivity contribution in [2.75, 3.05) is 32.5 Å². The second kappa shape index (κ2) is 5.88. The predicted octanol–water partition coefficient (Wildman–Crippen LogP) is 0.0877. The zero-order chi connectivity index (χ0) is 15.9. The van der Waals surface area contributed by atoms with Crippen molar-refractivity contribution in [1.82, 2.24) is 14.6 Å². The number of likely N-dealkylation sites (tertiary alicyclic amines) is 1. The van der Waals surface area contributed by atoms with Crippen LogP contribution in [0.4, 0.5) is 0 Å². The predicted molar refractivity (Wildman–Crippen MR) is 82.3 cm³/mol. The summed E-state index contributed by atoms with van der Waals surface area (Å²) in [6.07, 6.45) is 1.14. The molecule has 0 unspecified atom stereocenters. The molecule has 3 atom stereocenters. The SMILES string of the molecule is Cc1nc(C(=O)N2C[C@@H]3[C@H](CNS(C)(=O)=O)CO[C@@H]3C2)cs1. The second-order valence-electron chi connectivity index (χ2n) is 5.88. The Balaban J connectivity index is 1.63. The molecule has 2 saturated heterocycles. The summed E-state index contributed by atoms with van der Waals surface area (Å²) >= 11 is 1.46. The standard InChI is InChI=1S/C13H19N3O4S2/c1-8-15-11(7-21-8)13(17)16-4-10-9(3-14-22(2,18)19)6-20-12(10)5-16/h7,9-10,12,14H,3-6H2,1-2H3/t9-,10-,12-/m1/s1. The number of fused-ring (bicyclic) bond motifs is 1. The van der Waals surface area contributed by atoms with Crippen molar-refractivity contribution >= 4 is 27.3 Å². The lowest BCUT2D eigenvalue weighted by Gasteiger charge is -2.19. The highest BCUT2D eigenvalue weighted by Gasteiger charge is 2.45. The summed E-state index contributed by atoms with van der Waals surface area (Å²) < 4.78 is 30.7. The summed E-state index contributed by atoms with van der Waals surface area (Å²) in [5.74, 6) is 0.213. The molecule has 1 aromatic heterocycles. The third-order valence-electron chi connectivity index (χ3n) is 4.17. The Morgan fingerprint density at radius 1 is 1.55 bits per heavy atom. The molecule has 2 aliphatic rings. The van der Waals surface area contributed by atoms with Gasteiger partial charge in [0.05, 0.1) is 24.0 Å². The molecule has 2 fully saturated rings. The lowest BCUT2D eigenvalue weighted by Crippen LogP contribution is -2.35. The molecule has 0 bridgehead atoms. The smallest absolute Gasteiger partial charge is 0.273 e. The average Bonchev–Trinajstić information content (AvgIpc) is 3.09. The molecule has 0 saturated carbocycles. The van der Waals surface area contributed by atoms with E-state index in [1.54, 1.807) is 10.3 Å². The lowest BCUT2D eigenvalue weighted by atomic mass is 9.93. The van der Waals surface area contributed by atoms with E-state index in [9.17, 15) is 13.2 Å². The van der Waals surface area contributed by atoms with Crippen LogP contribution in [0.15, 0.2) is 5.38 Å². The summed E-state index contributed by atoms with van der Waals surface area (Å²) in [5, 5.41) is 2.64. The van der Waals surface area contributed by atoms with Crippen LogP contribution in [0.25, 0.3) is 0 Å². The fourth-order valence-corrected chi connectivity index (χ4v) is 4.16. The molecule has 3 heterocycles. The van der Waals surface area contributed by atoms with Crippen molar-refractivity contribution < 1.29 is 17.9 Å². The van der Waals surface area contributed by atoms with Gasteiger partial charge in [-0.05, 0) is 6.92 Å². The number of rotatable bonds is 4. The van der Waals surface area contributed by atoms with Crippen molar-refractivity contribution in [3.8, 4) is 0 Å². The van der Waals surface area contributed by atoms with Gasteiger partial charge >= 0.3 is 0 Å². The van der Waals surface area contributed by atoms with E-state index in [2.05, 4.69) is 9.71 Å². The zero-order valence-corrected chi connectivity index (χ0v) is 14.1. The van der Waals surface area contributed by atoms with Crippen molar-refractivity contribution in [2.45, 2.75) is 13.0 Å². The second-order valence-corrected chi connectivity index (χ2v) is 8.77. The zero-order valence-electron chi connectivity index (χ0n) is 12.5. The minimum absolute atomic E-state index is 0.00459. The van der Waals surface area contributed by atoms with E-state index in [4.69, 9.17) is 4.74 Å². The van der Waals surface area contributed by atoms with Crippen LogP contribution in [-0.2, 0) is 14.8 Å². The molecule has 122 valence electrons. The first kappa shape index (κ1) is 15.9. The van der Waals surface area contributed by atoms with Crippen LogP contribution < -0.4 is 4.72 Å². The largest absolute Gasteiger partial charge is 0.376 e. The Kier molecular flexibility index (Phi) is 4.23. The van der Waals surface area contributed by atoms with Crippen LogP contribution in [0.2, 0.25) is 0 Å². The normalized spacial score (nSPS) is 28.1. The van der Waals surface area contributed by atoms with E-state index in [0.29, 0.717) is 31.9 Å². The lowest BCUT2D eigenvalue weighted by molar-refractivity contribution is 0.0674. The van der Waals surface area contributed by atoms with Crippen molar-refractivity contribution in [2.24, 2.45) is 11.8 Å². The number of carbonyl (C=O) groups is 1. The monoisotopic (exact) mass is 345 g/mol. The molecule has 0 aromatic carbocycles. The first-order valence-corrected chi connectivity index (χ1v) is 9.88. The van der Waals surface area contributed by atoms with Gasteiger partial charge < -0.3 is 9.64 Å². The van der Waals surface area contributed by atoms with Crippen molar-refractivity contribution in [1.29, 1.82) is 0 Å². The highest BCUT2D eigenvalue weighted by molar-refractivity contribution is 7.88. The molecule has 0 radical (unpaired) electrons.